The highest BCUT2D eigenvalue weighted by molar-refractivity contribution is 7.89. The van der Waals surface area contributed by atoms with E-state index in [0.717, 1.165) is 22.8 Å². The lowest BCUT2D eigenvalue weighted by Crippen LogP contribution is -2.41. The highest BCUT2D eigenvalue weighted by Crippen LogP contribution is 2.49. The first-order valence-electron chi connectivity index (χ1n) is 21.9. The van der Waals surface area contributed by atoms with Gasteiger partial charge in [0.2, 0.25) is 21.8 Å². The van der Waals surface area contributed by atoms with Gasteiger partial charge in [-0.25, -0.2) is 13.2 Å². The zero-order chi connectivity index (χ0) is 45.3. The number of hydrogen-bond acceptors (Lipinski definition) is 10. The lowest BCUT2D eigenvalue weighted by Gasteiger charge is -2.32. The molecular weight excluding hydrogens is 851 g/mol. The number of carbonyl (C=O) groups excluding carboxylic acids is 3. The summed E-state index contributed by atoms with van der Waals surface area (Å²) in [5.74, 6) is -0.175. The molecule has 8 rings (SSSR count). The van der Waals surface area contributed by atoms with Crippen molar-refractivity contribution in [1.29, 1.82) is 0 Å². The predicted octanol–water partition coefficient (Wildman–Crippen LogP) is 7.68. The topological polar surface area (TPSA) is 178 Å². The van der Waals surface area contributed by atoms with Gasteiger partial charge in [0.1, 0.15) is 36.7 Å². The van der Waals surface area contributed by atoms with E-state index >= 15 is 4.79 Å². The quantitative estimate of drug-likeness (QED) is 0.114. The van der Waals surface area contributed by atoms with Gasteiger partial charge < -0.3 is 29.3 Å². The second kappa shape index (κ2) is 20.4. The van der Waals surface area contributed by atoms with Gasteiger partial charge in [0, 0.05) is 50.9 Å². The summed E-state index contributed by atoms with van der Waals surface area (Å²) in [6.45, 7) is 1.02. The molecule has 338 valence electrons. The third-order valence-corrected chi connectivity index (χ3v) is 14.0. The molecule has 0 spiro atoms. The zero-order valence-corrected chi connectivity index (χ0v) is 36.6. The van der Waals surface area contributed by atoms with E-state index in [-0.39, 0.29) is 64.0 Å². The van der Waals surface area contributed by atoms with Crippen LogP contribution in [0.1, 0.15) is 78.0 Å². The fourth-order valence-corrected chi connectivity index (χ4v) is 10.4. The minimum Gasteiger partial charge on any atom is -0.489 e. The molecule has 3 heterocycles. The Morgan fingerprint density at radius 1 is 0.754 bits per heavy atom. The Bertz CT molecular complexity index is 2600. The van der Waals surface area contributed by atoms with Crippen molar-refractivity contribution >= 4 is 33.6 Å². The number of nitro groups is 1. The molecule has 0 radical (unpaired) electrons. The van der Waals surface area contributed by atoms with Crippen molar-refractivity contribution in [2.45, 2.75) is 68.3 Å². The van der Waals surface area contributed by atoms with Gasteiger partial charge in [0.05, 0.1) is 17.4 Å². The van der Waals surface area contributed by atoms with Gasteiger partial charge in [-0.2, -0.15) is 4.31 Å². The van der Waals surface area contributed by atoms with Gasteiger partial charge in [0.25, 0.3) is 5.69 Å². The third kappa shape index (κ3) is 10.4. The van der Waals surface area contributed by atoms with Gasteiger partial charge in [-0.15, -0.1) is 0 Å². The number of sulfonamides is 1. The van der Waals surface area contributed by atoms with Gasteiger partial charge >= 0.3 is 6.09 Å². The SMILES string of the molecule is O=C1C[C@H]2c3ccc4c(c3)[C@@H](C(=O)N(CCCCN(S(=O)(=O)c3ccccc3[N+](=O)[O-])CCCN2C(=O)OCc2ccccc2)CCCN1)[C@H](c1ccc(OCc2ccccc2)cc1)O4. The van der Waals surface area contributed by atoms with E-state index in [1.807, 2.05) is 91.0 Å². The Kier molecular flexibility index (Phi) is 14.0. The van der Waals surface area contributed by atoms with E-state index in [9.17, 15) is 28.1 Å². The maximum absolute atomic E-state index is 15.2. The van der Waals surface area contributed by atoms with Crippen LogP contribution in [0.15, 0.2) is 132 Å². The Morgan fingerprint density at radius 2 is 1.40 bits per heavy atom. The minimum atomic E-state index is -4.42. The first-order chi connectivity index (χ1) is 31.6. The molecule has 3 atom stereocenters. The number of rotatable bonds is 9. The van der Waals surface area contributed by atoms with Crippen LogP contribution in [0.3, 0.4) is 0 Å². The second-order valence-electron chi connectivity index (χ2n) is 16.3. The van der Waals surface area contributed by atoms with Gasteiger partial charge in [-0.3, -0.25) is 19.7 Å². The van der Waals surface area contributed by atoms with Crippen LogP contribution in [-0.4, -0.2) is 84.6 Å². The molecule has 3 aliphatic heterocycles. The second-order valence-corrected chi connectivity index (χ2v) is 18.2. The van der Waals surface area contributed by atoms with Gasteiger partial charge in [0.15, 0.2) is 4.90 Å². The van der Waals surface area contributed by atoms with E-state index in [0.29, 0.717) is 55.0 Å². The molecule has 65 heavy (non-hydrogen) atoms. The van der Waals surface area contributed by atoms with Crippen LogP contribution in [0.25, 0.3) is 0 Å². The number of amides is 3. The molecule has 0 unspecified atom stereocenters. The highest BCUT2D eigenvalue weighted by atomic mass is 32.2. The molecule has 5 aromatic rings. The molecule has 1 N–H and O–H groups in total. The fourth-order valence-electron chi connectivity index (χ4n) is 8.69. The maximum Gasteiger partial charge on any atom is 0.410 e. The summed E-state index contributed by atoms with van der Waals surface area (Å²) in [6, 6.07) is 36.2. The zero-order valence-electron chi connectivity index (χ0n) is 35.8. The minimum absolute atomic E-state index is 0.00458. The van der Waals surface area contributed by atoms with Crippen LogP contribution in [0.5, 0.6) is 11.5 Å². The van der Waals surface area contributed by atoms with Crippen LogP contribution in [-0.2, 0) is 37.6 Å². The fraction of sp³-hybridized carbons (Fsp3) is 0.327. The Hall–Kier alpha value is -6.78. The van der Waals surface area contributed by atoms with Crippen molar-refractivity contribution in [3.05, 3.63) is 165 Å². The smallest absolute Gasteiger partial charge is 0.410 e. The molecule has 5 aromatic carbocycles. The number of fused-ring (bicyclic) bond motifs is 1. The van der Waals surface area contributed by atoms with Crippen molar-refractivity contribution < 1.29 is 41.9 Å². The first-order valence-corrected chi connectivity index (χ1v) is 23.3. The number of ether oxygens (including phenoxy) is 3. The van der Waals surface area contributed by atoms with Crippen LogP contribution in [0.2, 0.25) is 0 Å². The van der Waals surface area contributed by atoms with Crippen molar-refractivity contribution in [3.63, 3.8) is 0 Å². The number of nitro benzene ring substituents is 1. The van der Waals surface area contributed by atoms with Crippen LogP contribution < -0.4 is 14.8 Å². The summed E-state index contributed by atoms with van der Waals surface area (Å²) in [5.41, 5.74) is 3.16. The molecule has 15 nitrogen and oxygen atoms in total. The number of benzene rings is 5. The summed E-state index contributed by atoms with van der Waals surface area (Å²) >= 11 is 0. The highest BCUT2D eigenvalue weighted by Gasteiger charge is 2.44. The van der Waals surface area contributed by atoms with Gasteiger partial charge in [-0.05, 0) is 78.3 Å². The molecule has 16 heteroatoms. The maximum atomic E-state index is 15.2. The van der Waals surface area contributed by atoms with E-state index in [1.165, 1.54) is 27.4 Å². The van der Waals surface area contributed by atoms with Crippen molar-refractivity contribution in [3.8, 4) is 11.5 Å². The summed E-state index contributed by atoms with van der Waals surface area (Å²) in [4.78, 5) is 57.4. The number of carbonyl (C=O) groups is 3. The lowest BCUT2D eigenvalue weighted by atomic mass is 9.87. The largest absolute Gasteiger partial charge is 0.489 e. The predicted molar refractivity (Wildman–Crippen MR) is 240 cm³/mol. The van der Waals surface area contributed by atoms with Crippen LogP contribution >= 0.6 is 0 Å². The number of nitrogens with one attached hydrogen (secondary N) is 1. The molecule has 0 saturated carbocycles. The number of para-hydroxylation sites is 1. The molecule has 0 saturated heterocycles. The molecule has 0 aliphatic carbocycles. The standard InChI is InChI=1S/C49H51N5O10S/c55-45-32-42-38-21-24-43-40(31-38)46(47(64-43)37-19-22-39(23-20-37)62-33-35-13-3-1-4-14-35)48(56)51(27-11-25-50-45)26-9-10-28-52(65(60,61)44-18-8-7-17-41(44)54(58)59)29-12-30-53(42)49(57)63-34-36-15-5-2-6-16-36/h1-8,13-24,31,42,46-47H,9-12,25-30,32-34H2,(H,50,55)/t42-,46+,47-/m0/s1. The average Bonchev–Trinajstić information content (AvgIpc) is 3.71. The summed E-state index contributed by atoms with van der Waals surface area (Å²) in [5, 5.41) is 15.0. The van der Waals surface area contributed by atoms with Gasteiger partial charge in [-0.1, -0.05) is 91.0 Å². The normalized spacial score (nSPS) is 19.8. The lowest BCUT2D eigenvalue weighted by molar-refractivity contribution is -0.387. The van der Waals surface area contributed by atoms with Crippen LogP contribution in [0.4, 0.5) is 10.5 Å². The summed E-state index contributed by atoms with van der Waals surface area (Å²) in [6.07, 6.45) is -0.356. The van der Waals surface area contributed by atoms with E-state index < -0.39 is 49.7 Å². The summed E-state index contributed by atoms with van der Waals surface area (Å²) < 4.78 is 48.5. The molecule has 3 aliphatic rings. The third-order valence-electron chi connectivity index (χ3n) is 12.0. The van der Waals surface area contributed by atoms with E-state index in [4.69, 9.17) is 14.2 Å². The average molecular weight is 902 g/mol. The molecule has 0 aromatic heterocycles. The Labute approximate surface area is 378 Å². The number of nitrogens with zero attached hydrogens (tertiary/aromatic N) is 4. The number of hydrogen-bond donors (Lipinski definition) is 1. The molecular formula is C49H51N5O10S. The van der Waals surface area contributed by atoms with Crippen molar-refractivity contribution in [2.24, 2.45) is 0 Å². The molecule has 4 bridgehead atoms. The van der Waals surface area contributed by atoms with Crippen LogP contribution in [0, 0.1) is 10.1 Å². The molecule has 0 fully saturated rings. The Morgan fingerprint density at radius 3 is 2.14 bits per heavy atom. The van der Waals surface area contributed by atoms with Crippen molar-refractivity contribution in [2.75, 3.05) is 39.3 Å². The first kappa shape index (κ1) is 44.8. The monoisotopic (exact) mass is 901 g/mol. The summed E-state index contributed by atoms with van der Waals surface area (Å²) in [7, 11) is -4.42. The Balaban J connectivity index is 1.18. The molecule has 3 amide bonds. The van der Waals surface area contributed by atoms with E-state index in [2.05, 4.69) is 5.32 Å². The van der Waals surface area contributed by atoms with E-state index in [1.54, 1.807) is 17.0 Å². The van der Waals surface area contributed by atoms with Crippen molar-refractivity contribution in [1.82, 2.24) is 19.4 Å².